The van der Waals surface area contributed by atoms with Crippen LogP contribution in [0.1, 0.15) is 35.4 Å². The van der Waals surface area contributed by atoms with E-state index in [4.69, 9.17) is 5.11 Å². The fourth-order valence-corrected chi connectivity index (χ4v) is 3.00. The van der Waals surface area contributed by atoms with E-state index in [0.29, 0.717) is 0 Å². The third kappa shape index (κ3) is 2.98. The minimum atomic E-state index is -0.0762. The molecule has 3 heteroatoms. The third-order valence-corrected chi connectivity index (χ3v) is 4.06. The summed E-state index contributed by atoms with van der Waals surface area (Å²) in [6, 6.07) is 15.5. The lowest BCUT2D eigenvalue weighted by Gasteiger charge is -2.24. The van der Waals surface area contributed by atoms with Crippen molar-refractivity contribution in [2.45, 2.75) is 31.8 Å². The molecule has 0 aromatic heterocycles. The van der Waals surface area contributed by atoms with Gasteiger partial charge in [-0.15, -0.1) is 0 Å². The number of anilines is 1. The molecule has 1 amide bonds. The summed E-state index contributed by atoms with van der Waals surface area (Å²) in [4.78, 5) is 12.6. The fraction of sp³-hybridized carbons (Fsp3) is 0.278. The highest BCUT2D eigenvalue weighted by Crippen LogP contribution is 2.32. The van der Waals surface area contributed by atoms with Gasteiger partial charge in [0, 0.05) is 5.69 Å². The van der Waals surface area contributed by atoms with Crippen LogP contribution in [0.15, 0.2) is 48.5 Å². The van der Waals surface area contributed by atoms with Gasteiger partial charge in [-0.1, -0.05) is 36.4 Å². The normalized spacial score (nSPS) is 17.1. The van der Waals surface area contributed by atoms with Crippen LogP contribution < -0.4 is 5.32 Å². The Bertz CT molecular complexity index is 651. The number of aryl methyl sites for hydroxylation is 1. The highest BCUT2D eigenvalue weighted by molar-refractivity contribution is 5.96. The Morgan fingerprint density at radius 3 is 2.90 bits per heavy atom. The molecule has 108 valence electrons. The second kappa shape index (κ2) is 6.10. The molecule has 2 aromatic carbocycles. The van der Waals surface area contributed by atoms with Crippen LogP contribution >= 0.6 is 0 Å². The number of carbonyl (C=O) groups is 1. The predicted molar refractivity (Wildman–Crippen MR) is 83.1 cm³/mol. The molecule has 1 aliphatic carbocycles. The molecule has 0 bridgehead atoms. The minimum Gasteiger partial charge on any atom is -0.392 e. The molecule has 0 heterocycles. The first-order valence-electron chi connectivity index (χ1n) is 7.36. The number of nitrogens with one attached hydrogen (secondary N) is 1. The Kier molecular flexibility index (Phi) is 4.02. The maximum atomic E-state index is 12.6. The summed E-state index contributed by atoms with van der Waals surface area (Å²) in [5, 5.41) is 12.1. The Labute approximate surface area is 124 Å². The zero-order valence-corrected chi connectivity index (χ0v) is 11.9. The largest absolute Gasteiger partial charge is 0.392 e. The fourth-order valence-electron chi connectivity index (χ4n) is 3.00. The molecule has 0 spiro atoms. The number of aliphatic hydroxyl groups excluding tert-OH is 1. The van der Waals surface area contributed by atoms with Crippen LogP contribution in [0.2, 0.25) is 0 Å². The van der Waals surface area contributed by atoms with Crippen molar-refractivity contribution in [3.63, 3.8) is 0 Å². The van der Waals surface area contributed by atoms with Crippen LogP contribution in [0.3, 0.4) is 0 Å². The number of fused-ring (bicyclic) bond motifs is 1. The lowest BCUT2D eigenvalue weighted by atomic mass is 9.82. The first-order valence-corrected chi connectivity index (χ1v) is 7.36. The van der Waals surface area contributed by atoms with E-state index in [1.807, 2.05) is 36.4 Å². The number of rotatable bonds is 3. The predicted octanol–water partition coefficient (Wildman–Crippen LogP) is 3.24. The topological polar surface area (TPSA) is 49.3 Å². The van der Waals surface area contributed by atoms with Crippen molar-refractivity contribution in [3.05, 3.63) is 65.2 Å². The lowest BCUT2D eigenvalue weighted by molar-refractivity contribution is -0.117. The summed E-state index contributed by atoms with van der Waals surface area (Å²) in [5.74, 6) is -0.0371. The van der Waals surface area contributed by atoms with Gasteiger partial charge in [0.1, 0.15) is 0 Å². The molecule has 1 aliphatic rings. The third-order valence-electron chi connectivity index (χ3n) is 4.06. The molecule has 0 saturated heterocycles. The highest BCUT2D eigenvalue weighted by Gasteiger charge is 2.26. The van der Waals surface area contributed by atoms with Crippen molar-refractivity contribution < 1.29 is 9.90 Å². The molecule has 0 fully saturated rings. The molecule has 1 atom stereocenters. The van der Waals surface area contributed by atoms with E-state index in [0.717, 1.165) is 36.1 Å². The molecule has 2 N–H and O–H groups in total. The van der Waals surface area contributed by atoms with E-state index in [1.54, 1.807) is 0 Å². The van der Waals surface area contributed by atoms with Crippen molar-refractivity contribution in [1.82, 2.24) is 0 Å². The molecule has 1 unspecified atom stereocenters. The number of hydrogen-bond donors (Lipinski definition) is 2. The molecule has 0 radical (unpaired) electrons. The van der Waals surface area contributed by atoms with Crippen LogP contribution in [0.4, 0.5) is 5.69 Å². The average molecular weight is 281 g/mol. The number of amides is 1. The van der Waals surface area contributed by atoms with Crippen molar-refractivity contribution in [2.24, 2.45) is 0 Å². The van der Waals surface area contributed by atoms with E-state index in [2.05, 4.69) is 17.4 Å². The van der Waals surface area contributed by atoms with Crippen LogP contribution in [-0.2, 0) is 17.8 Å². The maximum absolute atomic E-state index is 12.6. The van der Waals surface area contributed by atoms with Gasteiger partial charge < -0.3 is 10.4 Å². The number of aliphatic hydroxyl groups is 1. The van der Waals surface area contributed by atoms with Gasteiger partial charge >= 0.3 is 0 Å². The molecule has 3 rings (SSSR count). The van der Waals surface area contributed by atoms with E-state index >= 15 is 0 Å². The van der Waals surface area contributed by atoms with E-state index in [1.165, 1.54) is 5.56 Å². The van der Waals surface area contributed by atoms with Gasteiger partial charge in [-0.05, 0) is 48.1 Å². The van der Waals surface area contributed by atoms with Crippen molar-refractivity contribution in [2.75, 3.05) is 5.32 Å². The van der Waals surface area contributed by atoms with Crippen LogP contribution in [0.5, 0.6) is 0 Å². The van der Waals surface area contributed by atoms with Gasteiger partial charge in [0.2, 0.25) is 5.91 Å². The Balaban J connectivity index is 1.80. The number of carbonyl (C=O) groups excluding carboxylic acids is 1. The highest BCUT2D eigenvalue weighted by atomic mass is 16.3. The van der Waals surface area contributed by atoms with Gasteiger partial charge in [-0.25, -0.2) is 0 Å². The minimum absolute atomic E-state index is 0.0179. The SMILES string of the molecule is O=C(Nc1cccc(CO)c1)C1CCCc2ccccc21. The van der Waals surface area contributed by atoms with Gasteiger partial charge in [0.15, 0.2) is 0 Å². The molecule has 21 heavy (non-hydrogen) atoms. The van der Waals surface area contributed by atoms with Gasteiger partial charge in [0.25, 0.3) is 0 Å². The zero-order valence-electron chi connectivity index (χ0n) is 11.9. The van der Waals surface area contributed by atoms with Crippen molar-refractivity contribution in [1.29, 1.82) is 0 Å². The smallest absolute Gasteiger partial charge is 0.231 e. The Morgan fingerprint density at radius 2 is 2.05 bits per heavy atom. The molecule has 0 aliphatic heterocycles. The molecular formula is C18H19NO2. The Morgan fingerprint density at radius 1 is 1.19 bits per heavy atom. The van der Waals surface area contributed by atoms with E-state index in [-0.39, 0.29) is 18.4 Å². The summed E-state index contributed by atoms with van der Waals surface area (Å²) in [6.07, 6.45) is 2.99. The summed E-state index contributed by atoms with van der Waals surface area (Å²) in [5.41, 5.74) is 3.99. The van der Waals surface area contributed by atoms with Crippen LogP contribution in [0.25, 0.3) is 0 Å². The molecular weight excluding hydrogens is 262 g/mol. The molecule has 0 saturated carbocycles. The van der Waals surface area contributed by atoms with E-state index in [9.17, 15) is 4.79 Å². The van der Waals surface area contributed by atoms with Gasteiger partial charge in [-0.3, -0.25) is 4.79 Å². The number of benzene rings is 2. The van der Waals surface area contributed by atoms with Crippen LogP contribution in [0, 0.1) is 0 Å². The Hall–Kier alpha value is -2.13. The van der Waals surface area contributed by atoms with Gasteiger partial charge in [0.05, 0.1) is 12.5 Å². The first kappa shape index (κ1) is 13.8. The second-order valence-electron chi connectivity index (χ2n) is 5.49. The average Bonchev–Trinajstić information content (AvgIpc) is 2.54. The standard InChI is InChI=1S/C18H19NO2/c20-12-13-5-3-8-15(11-13)19-18(21)17-10-4-7-14-6-1-2-9-16(14)17/h1-3,5-6,8-9,11,17,20H,4,7,10,12H2,(H,19,21). The first-order chi connectivity index (χ1) is 10.3. The molecule has 3 nitrogen and oxygen atoms in total. The summed E-state index contributed by atoms with van der Waals surface area (Å²) in [7, 11) is 0. The summed E-state index contributed by atoms with van der Waals surface area (Å²) in [6.45, 7) is -0.0179. The van der Waals surface area contributed by atoms with Gasteiger partial charge in [-0.2, -0.15) is 0 Å². The van der Waals surface area contributed by atoms with Crippen molar-refractivity contribution in [3.8, 4) is 0 Å². The zero-order chi connectivity index (χ0) is 14.7. The second-order valence-corrected chi connectivity index (χ2v) is 5.49. The van der Waals surface area contributed by atoms with E-state index < -0.39 is 0 Å². The summed E-state index contributed by atoms with van der Waals surface area (Å²) >= 11 is 0. The maximum Gasteiger partial charge on any atom is 0.231 e. The monoisotopic (exact) mass is 281 g/mol. The lowest BCUT2D eigenvalue weighted by Crippen LogP contribution is -2.24. The summed E-state index contributed by atoms with van der Waals surface area (Å²) < 4.78 is 0. The molecule has 2 aromatic rings. The van der Waals surface area contributed by atoms with Crippen molar-refractivity contribution >= 4 is 11.6 Å². The number of hydrogen-bond acceptors (Lipinski definition) is 2. The quantitative estimate of drug-likeness (QED) is 0.907. The van der Waals surface area contributed by atoms with Crippen LogP contribution in [-0.4, -0.2) is 11.0 Å².